The lowest BCUT2D eigenvalue weighted by Gasteiger charge is -2.00. The molecule has 0 spiro atoms. The zero-order valence-corrected chi connectivity index (χ0v) is 11.3. The molecule has 104 valence electrons. The van der Waals surface area contributed by atoms with Crippen molar-refractivity contribution < 1.29 is 9.53 Å². The van der Waals surface area contributed by atoms with Crippen LogP contribution in [0.25, 0.3) is 22.6 Å². The minimum atomic E-state index is -0.462. The number of esters is 1. The molecule has 3 rings (SSSR count). The first kappa shape index (κ1) is 13.0. The van der Waals surface area contributed by atoms with Crippen molar-refractivity contribution in [2.24, 2.45) is 0 Å². The van der Waals surface area contributed by atoms with Crippen LogP contribution in [0.2, 0.25) is 0 Å². The summed E-state index contributed by atoms with van der Waals surface area (Å²) < 4.78 is 4.62. The molecule has 0 fully saturated rings. The molecule has 3 aromatic rings. The van der Waals surface area contributed by atoms with Gasteiger partial charge in [0.25, 0.3) is 0 Å². The third-order valence-electron chi connectivity index (χ3n) is 2.96. The zero-order chi connectivity index (χ0) is 14.7. The largest absolute Gasteiger partial charge is 0.464 e. The van der Waals surface area contributed by atoms with Gasteiger partial charge in [0, 0.05) is 23.5 Å². The Hall–Kier alpha value is -3.02. The van der Waals surface area contributed by atoms with Crippen LogP contribution < -0.4 is 0 Å². The van der Waals surface area contributed by atoms with Crippen molar-refractivity contribution in [3.8, 4) is 22.6 Å². The molecule has 0 bridgehead atoms. The van der Waals surface area contributed by atoms with Gasteiger partial charge < -0.3 is 4.74 Å². The lowest BCUT2D eigenvalue weighted by atomic mass is 10.2. The maximum absolute atomic E-state index is 11.4. The molecule has 0 saturated heterocycles. The topological polar surface area (TPSA) is 80.8 Å². The van der Waals surface area contributed by atoms with Crippen molar-refractivity contribution in [2.75, 3.05) is 7.11 Å². The number of benzene rings is 1. The second-order valence-corrected chi connectivity index (χ2v) is 4.32. The number of ether oxygens (including phenoxy) is 1. The lowest BCUT2D eigenvalue weighted by Crippen LogP contribution is -2.00. The second-order valence-electron chi connectivity index (χ2n) is 4.32. The number of carbonyl (C=O) groups is 1. The Kier molecular flexibility index (Phi) is 3.42. The third kappa shape index (κ3) is 2.64. The number of nitrogens with one attached hydrogen (secondary N) is 1. The third-order valence-corrected chi connectivity index (χ3v) is 2.96. The Morgan fingerprint density at radius 1 is 1.10 bits per heavy atom. The molecule has 1 aromatic carbocycles. The first-order valence-electron chi connectivity index (χ1n) is 6.29. The number of aromatic amines is 1. The molecule has 2 heterocycles. The van der Waals surface area contributed by atoms with Crippen molar-refractivity contribution in [2.45, 2.75) is 0 Å². The van der Waals surface area contributed by atoms with E-state index >= 15 is 0 Å². The molecule has 0 aliphatic heterocycles. The van der Waals surface area contributed by atoms with E-state index in [1.54, 1.807) is 18.5 Å². The summed E-state index contributed by atoms with van der Waals surface area (Å²) in [5, 5.41) is 6.67. The molecule has 0 saturated carbocycles. The number of nitrogens with zero attached hydrogens (tertiary/aromatic N) is 3. The molecule has 6 heteroatoms. The summed E-state index contributed by atoms with van der Waals surface area (Å²) in [5.74, 6) is 0.179. The van der Waals surface area contributed by atoms with Gasteiger partial charge in [0.1, 0.15) is 5.69 Å². The van der Waals surface area contributed by atoms with Crippen LogP contribution in [0.1, 0.15) is 10.5 Å². The van der Waals surface area contributed by atoms with E-state index in [0.717, 1.165) is 11.1 Å². The molecule has 0 aliphatic rings. The molecule has 6 nitrogen and oxygen atoms in total. The van der Waals surface area contributed by atoms with Crippen LogP contribution in [-0.4, -0.2) is 33.2 Å². The highest BCUT2D eigenvalue weighted by Gasteiger charge is 2.11. The minimum Gasteiger partial charge on any atom is -0.464 e. The Morgan fingerprint density at radius 3 is 2.48 bits per heavy atom. The van der Waals surface area contributed by atoms with Crippen molar-refractivity contribution in [3.63, 3.8) is 0 Å². The summed E-state index contributed by atoms with van der Waals surface area (Å²) in [6, 6.07) is 11.3. The summed E-state index contributed by atoms with van der Waals surface area (Å²) in [4.78, 5) is 20.0. The highest BCUT2D eigenvalue weighted by Crippen LogP contribution is 2.19. The van der Waals surface area contributed by atoms with Crippen LogP contribution in [0.15, 0.2) is 48.8 Å². The van der Waals surface area contributed by atoms with Gasteiger partial charge in [-0.3, -0.25) is 5.10 Å². The van der Waals surface area contributed by atoms with Crippen LogP contribution >= 0.6 is 0 Å². The predicted octanol–water partition coefficient (Wildman–Crippen LogP) is 2.32. The van der Waals surface area contributed by atoms with Crippen molar-refractivity contribution >= 4 is 5.97 Å². The quantitative estimate of drug-likeness (QED) is 0.745. The Labute approximate surface area is 120 Å². The summed E-state index contributed by atoms with van der Waals surface area (Å²) in [7, 11) is 1.32. The Bertz CT molecular complexity index is 751. The van der Waals surface area contributed by atoms with E-state index in [-0.39, 0.29) is 0 Å². The van der Waals surface area contributed by atoms with E-state index in [1.807, 2.05) is 30.3 Å². The molecule has 1 N–H and O–H groups in total. The highest BCUT2D eigenvalue weighted by atomic mass is 16.5. The van der Waals surface area contributed by atoms with Gasteiger partial charge >= 0.3 is 5.97 Å². The van der Waals surface area contributed by atoms with E-state index < -0.39 is 5.97 Å². The fourth-order valence-corrected chi connectivity index (χ4v) is 1.88. The van der Waals surface area contributed by atoms with Gasteiger partial charge in [0.2, 0.25) is 0 Å². The first-order valence-corrected chi connectivity index (χ1v) is 6.29. The maximum Gasteiger partial charge on any atom is 0.356 e. The normalized spacial score (nSPS) is 10.3. The number of hydrogen-bond acceptors (Lipinski definition) is 5. The van der Waals surface area contributed by atoms with Crippen LogP contribution in [0.5, 0.6) is 0 Å². The maximum atomic E-state index is 11.4. The van der Waals surface area contributed by atoms with Gasteiger partial charge in [0.05, 0.1) is 12.8 Å². The molecule has 0 aliphatic carbocycles. The van der Waals surface area contributed by atoms with Crippen LogP contribution in [-0.2, 0) is 4.74 Å². The summed E-state index contributed by atoms with van der Waals surface area (Å²) in [6.07, 6.45) is 3.35. The molecule has 21 heavy (non-hydrogen) atoms. The lowest BCUT2D eigenvalue weighted by molar-refractivity contribution is 0.0594. The summed E-state index contributed by atoms with van der Waals surface area (Å²) in [6.45, 7) is 0. The first-order chi connectivity index (χ1) is 10.3. The molecule has 0 radical (unpaired) electrons. The summed E-state index contributed by atoms with van der Waals surface area (Å²) >= 11 is 0. The smallest absolute Gasteiger partial charge is 0.356 e. The van der Waals surface area contributed by atoms with E-state index in [9.17, 15) is 4.79 Å². The van der Waals surface area contributed by atoms with Gasteiger partial charge in [-0.1, -0.05) is 30.3 Å². The number of methoxy groups -OCH3 is 1. The monoisotopic (exact) mass is 280 g/mol. The molecule has 0 atom stereocenters. The average Bonchev–Trinajstić information content (AvgIpc) is 3.05. The Balaban J connectivity index is 1.87. The number of aromatic nitrogens is 4. The van der Waals surface area contributed by atoms with Crippen molar-refractivity contribution in [3.05, 3.63) is 54.5 Å². The van der Waals surface area contributed by atoms with Gasteiger partial charge in [-0.25, -0.2) is 14.8 Å². The number of rotatable bonds is 3. The fraction of sp³-hybridized carbons (Fsp3) is 0.0667. The van der Waals surface area contributed by atoms with E-state index in [0.29, 0.717) is 17.2 Å². The second kappa shape index (κ2) is 5.54. The van der Waals surface area contributed by atoms with Gasteiger partial charge in [0.15, 0.2) is 5.82 Å². The number of hydrogen-bond donors (Lipinski definition) is 1. The predicted molar refractivity (Wildman–Crippen MR) is 76.4 cm³/mol. The fourth-order valence-electron chi connectivity index (χ4n) is 1.88. The SMILES string of the molecule is COC(=O)c1cc(-c2cnc(-c3ccccc3)nc2)n[nH]1. The number of H-pyrrole nitrogens is 1. The van der Waals surface area contributed by atoms with Gasteiger partial charge in [-0.15, -0.1) is 0 Å². The van der Waals surface area contributed by atoms with E-state index in [1.165, 1.54) is 7.11 Å². The van der Waals surface area contributed by atoms with E-state index in [2.05, 4.69) is 24.9 Å². The highest BCUT2D eigenvalue weighted by molar-refractivity contribution is 5.88. The standard InChI is InChI=1S/C15H12N4O2/c1-21-15(20)13-7-12(18-19-13)11-8-16-14(17-9-11)10-5-3-2-4-6-10/h2-9H,1H3,(H,18,19). The van der Waals surface area contributed by atoms with E-state index in [4.69, 9.17) is 0 Å². The van der Waals surface area contributed by atoms with Crippen LogP contribution in [0.4, 0.5) is 0 Å². The zero-order valence-electron chi connectivity index (χ0n) is 11.3. The minimum absolute atomic E-state index is 0.291. The molecule has 0 unspecified atom stereocenters. The van der Waals surface area contributed by atoms with Gasteiger partial charge in [-0.2, -0.15) is 5.10 Å². The van der Waals surface area contributed by atoms with Crippen molar-refractivity contribution in [1.82, 2.24) is 20.2 Å². The summed E-state index contributed by atoms with van der Waals surface area (Å²) in [5.41, 5.74) is 2.55. The van der Waals surface area contributed by atoms with Crippen LogP contribution in [0, 0.1) is 0 Å². The van der Waals surface area contributed by atoms with Gasteiger partial charge in [-0.05, 0) is 6.07 Å². The molecular weight excluding hydrogens is 268 g/mol. The van der Waals surface area contributed by atoms with Crippen molar-refractivity contribution in [1.29, 1.82) is 0 Å². The Morgan fingerprint density at radius 2 is 1.81 bits per heavy atom. The molecule has 0 amide bonds. The van der Waals surface area contributed by atoms with Crippen LogP contribution in [0.3, 0.4) is 0 Å². The average molecular weight is 280 g/mol. The molecule has 2 aromatic heterocycles. The molecular formula is C15H12N4O2. The number of carbonyl (C=O) groups excluding carboxylic acids is 1.